The minimum absolute atomic E-state index is 0.0145. The van der Waals surface area contributed by atoms with Crippen molar-refractivity contribution in [1.29, 1.82) is 0 Å². The van der Waals surface area contributed by atoms with E-state index in [0.29, 0.717) is 6.54 Å². The van der Waals surface area contributed by atoms with Gasteiger partial charge in [-0.1, -0.05) is 18.0 Å². The van der Waals surface area contributed by atoms with Crippen molar-refractivity contribution in [3.05, 3.63) is 29.0 Å². The Morgan fingerprint density at radius 1 is 1.39 bits per heavy atom. The summed E-state index contributed by atoms with van der Waals surface area (Å²) in [6.07, 6.45) is 2.73. The zero-order chi connectivity index (χ0) is 13.3. The highest BCUT2D eigenvalue weighted by Gasteiger charge is 2.32. The SMILES string of the molecule is CC1CCCCN1S(=O)(=O)c1ccc(F)cc1Cl. The first-order valence-corrected chi connectivity index (χ1v) is 7.71. The van der Waals surface area contributed by atoms with Crippen LogP contribution in [0.4, 0.5) is 4.39 Å². The molecule has 0 aromatic heterocycles. The van der Waals surface area contributed by atoms with Gasteiger partial charge in [-0.25, -0.2) is 12.8 Å². The molecule has 0 N–H and O–H groups in total. The van der Waals surface area contributed by atoms with E-state index in [0.717, 1.165) is 31.4 Å². The second kappa shape index (κ2) is 5.15. The van der Waals surface area contributed by atoms with Crippen LogP contribution in [0.3, 0.4) is 0 Å². The lowest BCUT2D eigenvalue weighted by Gasteiger charge is -2.32. The highest BCUT2D eigenvalue weighted by Crippen LogP contribution is 2.29. The number of rotatable bonds is 2. The summed E-state index contributed by atoms with van der Waals surface area (Å²) in [6.45, 7) is 2.38. The van der Waals surface area contributed by atoms with E-state index in [2.05, 4.69) is 0 Å². The normalized spacial score (nSPS) is 22.1. The molecule has 2 rings (SSSR count). The fourth-order valence-electron chi connectivity index (χ4n) is 2.24. The van der Waals surface area contributed by atoms with Crippen molar-refractivity contribution >= 4 is 21.6 Å². The van der Waals surface area contributed by atoms with Crippen LogP contribution in [0, 0.1) is 5.82 Å². The van der Waals surface area contributed by atoms with Crippen LogP contribution in [0.5, 0.6) is 0 Å². The van der Waals surface area contributed by atoms with E-state index in [1.54, 1.807) is 0 Å². The summed E-state index contributed by atoms with van der Waals surface area (Å²) in [7, 11) is -3.62. The molecule has 0 radical (unpaired) electrons. The third kappa shape index (κ3) is 2.53. The van der Waals surface area contributed by atoms with Crippen LogP contribution in [-0.2, 0) is 10.0 Å². The summed E-state index contributed by atoms with van der Waals surface area (Å²) >= 11 is 5.84. The van der Waals surface area contributed by atoms with E-state index >= 15 is 0 Å². The van der Waals surface area contributed by atoms with Gasteiger partial charge in [0.15, 0.2) is 0 Å². The number of piperidine rings is 1. The summed E-state index contributed by atoms with van der Waals surface area (Å²) in [5.74, 6) is -0.536. The highest BCUT2D eigenvalue weighted by molar-refractivity contribution is 7.89. The Labute approximate surface area is 112 Å². The van der Waals surface area contributed by atoms with Crippen molar-refractivity contribution in [2.75, 3.05) is 6.54 Å². The molecular weight excluding hydrogens is 277 g/mol. The molecule has 0 bridgehead atoms. The lowest BCUT2D eigenvalue weighted by Crippen LogP contribution is -2.42. The zero-order valence-electron chi connectivity index (χ0n) is 10.1. The number of hydrogen-bond donors (Lipinski definition) is 0. The fourth-order valence-corrected chi connectivity index (χ4v) is 4.45. The van der Waals surface area contributed by atoms with Crippen LogP contribution in [0.15, 0.2) is 23.1 Å². The van der Waals surface area contributed by atoms with Gasteiger partial charge < -0.3 is 0 Å². The molecule has 0 saturated carbocycles. The van der Waals surface area contributed by atoms with E-state index in [1.165, 1.54) is 10.4 Å². The van der Waals surface area contributed by atoms with E-state index < -0.39 is 15.8 Å². The molecule has 1 atom stereocenters. The molecule has 1 saturated heterocycles. The van der Waals surface area contributed by atoms with Crippen molar-refractivity contribution in [1.82, 2.24) is 4.31 Å². The van der Waals surface area contributed by atoms with E-state index in [4.69, 9.17) is 11.6 Å². The second-order valence-electron chi connectivity index (χ2n) is 4.54. The number of benzene rings is 1. The molecule has 0 aliphatic carbocycles. The Kier molecular flexibility index (Phi) is 3.94. The van der Waals surface area contributed by atoms with Crippen LogP contribution in [0.25, 0.3) is 0 Å². The largest absolute Gasteiger partial charge is 0.244 e. The maximum absolute atomic E-state index is 13.0. The number of halogens is 2. The molecule has 1 aliphatic heterocycles. The predicted molar refractivity (Wildman–Crippen MR) is 68.6 cm³/mol. The lowest BCUT2D eigenvalue weighted by atomic mass is 10.1. The molecule has 1 aromatic carbocycles. The Balaban J connectivity index is 2.41. The van der Waals surface area contributed by atoms with E-state index in [-0.39, 0.29) is 16.0 Å². The first-order chi connectivity index (χ1) is 8.43. The van der Waals surface area contributed by atoms with Gasteiger partial charge in [0, 0.05) is 12.6 Å². The number of hydrogen-bond acceptors (Lipinski definition) is 2. The molecule has 1 unspecified atom stereocenters. The van der Waals surface area contributed by atoms with Crippen molar-refractivity contribution in [3.63, 3.8) is 0 Å². The maximum atomic E-state index is 13.0. The summed E-state index contributed by atoms with van der Waals surface area (Å²) in [5, 5.41) is -0.0622. The lowest BCUT2D eigenvalue weighted by molar-refractivity contribution is 0.268. The van der Waals surface area contributed by atoms with E-state index in [9.17, 15) is 12.8 Å². The maximum Gasteiger partial charge on any atom is 0.244 e. The molecule has 0 spiro atoms. The average Bonchev–Trinajstić information content (AvgIpc) is 2.28. The minimum Gasteiger partial charge on any atom is -0.207 e. The van der Waals surface area contributed by atoms with Gasteiger partial charge in [-0.05, 0) is 38.0 Å². The molecule has 18 heavy (non-hydrogen) atoms. The van der Waals surface area contributed by atoms with Crippen molar-refractivity contribution in [2.45, 2.75) is 37.1 Å². The second-order valence-corrected chi connectivity index (χ2v) is 6.80. The van der Waals surface area contributed by atoms with Crippen LogP contribution in [0.1, 0.15) is 26.2 Å². The van der Waals surface area contributed by atoms with Crippen LogP contribution >= 0.6 is 11.6 Å². The van der Waals surface area contributed by atoms with Crippen molar-refractivity contribution in [2.24, 2.45) is 0 Å². The first kappa shape index (κ1) is 13.8. The molecule has 1 aromatic rings. The Bertz CT molecular complexity index is 547. The monoisotopic (exact) mass is 291 g/mol. The molecule has 6 heteroatoms. The van der Waals surface area contributed by atoms with Crippen molar-refractivity contribution < 1.29 is 12.8 Å². The summed E-state index contributed by atoms with van der Waals surface area (Å²) < 4.78 is 39.3. The van der Waals surface area contributed by atoms with Crippen LogP contribution in [0.2, 0.25) is 5.02 Å². The van der Waals surface area contributed by atoms with Gasteiger partial charge in [0.05, 0.1) is 5.02 Å². The minimum atomic E-state index is -3.62. The van der Waals surface area contributed by atoms with Gasteiger partial charge >= 0.3 is 0 Å². The Hall–Kier alpha value is -0.650. The fraction of sp³-hybridized carbons (Fsp3) is 0.500. The quantitative estimate of drug-likeness (QED) is 0.840. The molecule has 1 heterocycles. The summed E-state index contributed by atoms with van der Waals surface area (Å²) in [4.78, 5) is -0.0145. The standard InChI is InChI=1S/C12H15ClFNO2S/c1-9-4-2-3-7-15(9)18(16,17)12-6-5-10(14)8-11(12)13/h5-6,8-9H,2-4,7H2,1H3. The molecule has 3 nitrogen and oxygen atoms in total. The Morgan fingerprint density at radius 2 is 2.11 bits per heavy atom. The Morgan fingerprint density at radius 3 is 2.72 bits per heavy atom. The summed E-state index contributed by atoms with van der Waals surface area (Å²) in [6, 6.07) is 3.34. The number of sulfonamides is 1. The first-order valence-electron chi connectivity index (χ1n) is 5.90. The zero-order valence-corrected chi connectivity index (χ0v) is 11.6. The predicted octanol–water partition coefficient (Wildman–Crippen LogP) is 3.04. The molecule has 1 aliphatic rings. The smallest absolute Gasteiger partial charge is 0.207 e. The third-order valence-corrected chi connectivity index (χ3v) is 5.72. The molecule has 0 amide bonds. The van der Waals surface area contributed by atoms with Crippen LogP contribution < -0.4 is 0 Å². The van der Waals surface area contributed by atoms with Gasteiger partial charge in [0.2, 0.25) is 10.0 Å². The van der Waals surface area contributed by atoms with Gasteiger partial charge in [-0.3, -0.25) is 0 Å². The van der Waals surface area contributed by atoms with Gasteiger partial charge in [0.1, 0.15) is 10.7 Å². The highest BCUT2D eigenvalue weighted by atomic mass is 35.5. The summed E-state index contributed by atoms with van der Waals surface area (Å²) in [5.41, 5.74) is 0. The third-order valence-electron chi connectivity index (χ3n) is 3.22. The van der Waals surface area contributed by atoms with Gasteiger partial charge in [0.25, 0.3) is 0 Å². The van der Waals surface area contributed by atoms with Gasteiger partial charge in [-0.2, -0.15) is 4.31 Å². The molecule has 1 fully saturated rings. The number of nitrogens with zero attached hydrogens (tertiary/aromatic N) is 1. The molecular formula is C12H15ClFNO2S. The van der Waals surface area contributed by atoms with Crippen molar-refractivity contribution in [3.8, 4) is 0 Å². The van der Waals surface area contributed by atoms with Crippen LogP contribution in [-0.4, -0.2) is 25.3 Å². The average molecular weight is 292 g/mol. The van der Waals surface area contributed by atoms with E-state index in [1.807, 2.05) is 6.92 Å². The van der Waals surface area contributed by atoms with Gasteiger partial charge in [-0.15, -0.1) is 0 Å². The topological polar surface area (TPSA) is 37.4 Å². The molecule has 100 valence electrons.